The molecule has 2 aromatic heterocycles. The number of rotatable bonds is 3. The maximum atomic E-state index is 12.0. The molecule has 0 aromatic carbocycles. The number of imidazole rings is 1. The summed E-state index contributed by atoms with van der Waals surface area (Å²) in [6, 6.07) is 3.83. The topological polar surface area (TPSA) is 34.4 Å². The smallest absolute Gasteiger partial charge is 0.181 e. The highest BCUT2D eigenvalue weighted by molar-refractivity contribution is 9.10. The summed E-state index contributed by atoms with van der Waals surface area (Å²) in [5.41, 5.74) is 1.52. The van der Waals surface area contributed by atoms with Gasteiger partial charge in [0, 0.05) is 17.1 Å². The van der Waals surface area contributed by atoms with E-state index in [0.717, 1.165) is 10.1 Å². The molecule has 0 N–H and O–H groups in total. The standard InChI is InChI=1S/C12H11BrN2O/c13-9-3-4-12-14-6-10(15(12)7-9)11(16)5-8-1-2-8/h3-4,6-8H,1-2,5H2. The number of pyridine rings is 1. The zero-order valence-electron chi connectivity index (χ0n) is 8.69. The molecule has 1 fully saturated rings. The molecular weight excluding hydrogens is 268 g/mol. The third-order valence-electron chi connectivity index (χ3n) is 2.93. The lowest BCUT2D eigenvalue weighted by Gasteiger charge is -2.00. The van der Waals surface area contributed by atoms with E-state index in [9.17, 15) is 4.79 Å². The first-order chi connectivity index (χ1) is 7.74. The number of halogens is 1. The van der Waals surface area contributed by atoms with Gasteiger partial charge in [-0.3, -0.25) is 9.20 Å². The van der Waals surface area contributed by atoms with Gasteiger partial charge in [-0.05, 0) is 46.8 Å². The Labute approximate surface area is 102 Å². The Balaban J connectivity index is 2.01. The summed E-state index contributed by atoms with van der Waals surface area (Å²) >= 11 is 3.40. The van der Waals surface area contributed by atoms with E-state index in [1.165, 1.54) is 12.8 Å². The van der Waals surface area contributed by atoms with Gasteiger partial charge in [-0.2, -0.15) is 0 Å². The molecule has 1 saturated carbocycles. The first kappa shape index (κ1) is 10.0. The third-order valence-corrected chi connectivity index (χ3v) is 3.40. The minimum absolute atomic E-state index is 0.202. The molecule has 16 heavy (non-hydrogen) atoms. The van der Waals surface area contributed by atoms with Crippen molar-refractivity contribution in [3.05, 3.63) is 34.7 Å². The lowest BCUT2D eigenvalue weighted by atomic mass is 10.1. The summed E-state index contributed by atoms with van der Waals surface area (Å²) in [4.78, 5) is 16.2. The molecule has 0 amide bonds. The molecule has 0 radical (unpaired) electrons. The van der Waals surface area contributed by atoms with Crippen LogP contribution in [-0.2, 0) is 0 Å². The van der Waals surface area contributed by atoms with E-state index in [1.54, 1.807) is 6.20 Å². The second-order valence-electron chi connectivity index (χ2n) is 4.29. The van der Waals surface area contributed by atoms with Crippen LogP contribution in [0.2, 0.25) is 0 Å². The zero-order chi connectivity index (χ0) is 11.1. The predicted molar refractivity (Wildman–Crippen MR) is 64.6 cm³/mol. The van der Waals surface area contributed by atoms with Crippen molar-refractivity contribution in [2.75, 3.05) is 0 Å². The number of hydrogen-bond donors (Lipinski definition) is 0. The average Bonchev–Trinajstić information content (AvgIpc) is 2.96. The summed E-state index contributed by atoms with van der Waals surface area (Å²) in [7, 11) is 0. The molecule has 0 bridgehead atoms. The maximum Gasteiger partial charge on any atom is 0.181 e. The summed E-state index contributed by atoms with van der Waals surface area (Å²) < 4.78 is 2.81. The van der Waals surface area contributed by atoms with E-state index in [2.05, 4.69) is 20.9 Å². The van der Waals surface area contributed by atoms with Crippen LogP contribution in [0.3, 0.4) is 0 Å². The first-order valence-electron chi connectivity index (χ1n) is 5.40. The molecule has 0 aliphatic heterocycles. The highest BCUT2D eigenvalue weighted by Gasteiger charge is 2.26. The molecule has 1 aliphatic carbocycles. The molecule has 82 valence electrons. The average molecular weight is 279 g/mol. The normalized spacial score (nSPS) is 15.6. The number of aromatic nitrogens is 2. The van der Waals surface area contributed by atoms with Crippen molar-refractivity contribution in [3.8, 4) is 0 Å². The van der Waals surface area contributed by atoms with Crippen LogP contribution >= 0.6 is 15.9 Å². The zero-order valence-corrected chi connectivity index (χ0v) is 10.3. The van der Waals surface area contributed by atoms with Crippen LogP contribution in [0.4, 0.5) is 0 Å². The Kier molecular flexibility index (Phi) is 2.32. The van der Waals surface area contributed by atoms with Crippen LogP contribution in [0.15, 0.2) is 29.0 Å². The molecule has 1 aliphatic rings. The Morgan fingerprint density at radius 2 is 2.31 bits per heavy atom. The predicted octanol–water partition coefficient (Wildman–Crippen LogP) is 3.08. The second-order valence-corrected chi connectivity index (χ2v) is 5.21. The fraction of sp³-hybridized carbons (Fsp3) is 0.333. The Morgan fingerprint density at radius 3 is 3.06 bits per heavy atom. The summed E-state index contributed by atoms with van der Waals surface area (Å²) in [5, 5.41) is 0. The van der Waals surface area contributed by atoms with Gasteiger partial charge in [0.1, 0.15) is 11.3 Å². The van der Waals surface area contributed by atoms with Crippen LogP contribution < -0.4 is 0 Å². The fourth-order valence-electron chi connectivity index (χ4n) is 1.85. The van der Waals surface area contributed by atoms with Gasteiger partial charge >= 0.3 is 0 Å². The molecular formula is C12H11BrN2O. The molecule has 0 unspecified atom stereocenters. The van der Waals surface area contributed by atoms with Crippen molar-refractivity contribution >= 4 is 27.4 Å². The highest BCUT2D eigenvalue weighted by Crippen LogP contribution is 2.33. The van der Waals surface area contributed by atoms with Crippen molar-refractivity contribution in [3.63, 3.8) is 0 Å². The largest absolute Gasteiger partial charge is 0.296 e. The van der Waals surface area contributed by atoms with Gasteiger partial charge in [0.05, 0.1) is 6.20 Å². The number of carbonyl (C=O) groups excluding carboxylic acids is 1. The number of nitrogens with zero attached hydrogens (tertiary/aromatic N) is 2. The van der Waals surface area contributed by atoms with E-state index < -0.39 is 0 Å². The maximum absolute atomic E-state index is 12.0. The van der Waals surface area contributed by atoms with Crippen molar-refractivity contribution in [1.82, 2.24) is 9.38 Å². The van der Waals surface area contributed by atoms with Crippen molar-refractivity contribution in [2.24, 2.45) is 5.92 Å². The molecule has 4 heteroatoms. The van der Waals surface area contributed by atoms with Gasteiger partial charge < -0.3 is 0 Å². The number of ketones is 1. The lowest BCUT2D eigenvalue weighted by molar-refractivity contribution is 0.0970. The molecule has 0 atom stereocenters. The van der Waals surface area contributed by atoms with Crippen LogP contribution in [0.1, 0.15) is 29.8 Å². The molecule has 0 spiro atoms. The minimum atomic E-state index is 0.202. The van der Waals surface area contributed by atoms with E-state index in [1.807, 2.05) is 22.7 Å². The van der Waals surface area contributed by atoms with Crippen LogP contribution in [0, 0.1) is 5.92 Å². The van der Waals surface area contributed by atoms with Crippen molar-refractivity contribution in [2.45, 2.75) is 19.3 Å². The van der Waals surface area contributed by atoms with Gasteiger partial charge in [0.2, 0.25) is 0 Å². The van der Waals surface area contributed by atoms with Gasteiger partial charge in [-0.25, -0.2) is 4.98 Å². The summed E-state index contributed by atoms with van der Waals surface area (Å²) in [6.45, 7) is 0. The highest BCUT2D eigenvalue weighted by atomic mass is 79.9. The van der Waals surface area contributed by atoms with E-state index >= 15 is 0 Å². The van der Waals surface area contributed by atoms with Crippen LogP contribution in [-0.4, -0.2) is 15.2 Å². The monoisotopic (exact) mass is 278 g/mol. The van der Waals surface area contributed by atoms with Gasteiger partial charge in [-0.15, -0.1) is 0 Å². The van der Waals surface area contributed by atoms with E-state index in [4.69, 9.17) is 0 Å². The number of hydrogen-bond acceptors (Lipinski definition) is 2. The number of Topliss-reactive ketones (excluding diaryl/α,β-unsaturated/α-hetero) is 1. The van der Waals surface area contributed by atoms with Gasteiger partial charge in [0.15, 0.2) is 5.78 Å². The van der Waals surface area contributed by atoms with Crippen LogP contribution in [0.5, 0.6) is 0 Å². The SMILES string of the molecule is O=C(CC1CC1)c1cnc2ccc(Br)cn12. The van der Waals surface area contributed by atoms with Crippen molar-refractivity contribution < 1.29 is 4.79 Å². The van der Waals surface area contributed by atoms with Gasteiger partial charge in [0.25, 0.3) is 0 Å². The molecule has 3 rings (SSSR count). The molecule has 3 nitrogen and oxygen atoms in total. The van der Waals surface area contributed by atoms with Crippen molar-refractivity contribution in [1.29, 1.82) is 0 Å². The summed E-state index contributed by atoms with van der Waals surface area (Å²) in [5.74, 6) is 0.818. The number of fused-ring (bicyclic) bond motifs is 1. The van der Waals surface area contributed by atoms with E-state index in [0.29, 0.717) is 18.0 Å². The Morgan fingerprint density at radius 1 is 1.50 bits per heavy atom. The Hall–Kier alpha value is -1.16. The third kappa shape index (κ3) is 1.78. The first-order valence-corrected chi connectivity index (χ1v) is 6.19. The summed E-state index contributed by atoms with van der Waals surface area (Å²) in [6.07, 6.45) is 6.63. The quantitative estimate of drug-likeness (QED) is 0.809. The second kappa shape index (κ2) is 3.70. The van der Waals surface area contributed by atoms with E-state index in [-0.39, 0.29) is 5.78 Å². The Bertz CT molecular complexity index is 557. The number of carbonyl (C=O) groups is 1. The molecule has 2 aromatic rings. The fourth-order valence-corrected chi connectivity index (χ4v) is 2.19. The lowest BCUT2D eigenvalue weighted by Crippen LogP contribution is -2.04. The molecule has 2 heterocycles. The minimum Gasteiger partial charge on any atom is -0.296 e. The van der Waals surface area contributed by atoms with Crippen LogP contribution in [0.25, 0.3) is 5.65 Å². The van der Waals surface area contributed by atoms with Gasteiger partial charge in [-0.1, -0.05) is 0 Å². The molecule has 0 saturated heterocycles.